The van der Waals surface area contributed by atoms with E-state index in [4.69, 9.17) is 0 Å². The van der Waals surface area contributed by atoms with Gasteiger partial charge in [-0.25, -0.2) is 0 Å². The first-order valence-corrected chi connectivity index (χ1v) is 25.6. The van der Waals surface area contributed by atoms with E-state index < -0.39 is 0 Å². The SMILES string of the molecule is Cc1cc2c3c(c1)N(c1cc(C(C)(C)C)cc(C(C)(C)C)c1)c1c(ccc4c1C(C)(C)CCC4(C)C)B3c1ccc3c(c1N2c1cc(C(C)(C)C)cc(C(C)(C)C)c1)C(C)(C)CCC3(C)C. The first-order valence-electron chi connectivity index (χ1n) is 25.6. The van der Waals surface area contributed by atoms with Crippen LogP contribution in [0.4, 0.5) is 34.1 Å². The van der Waals surface area contributed by atoms with Gasteiger partial charge in [-0.2, -0.15) is 0 Å². The fraction of sp³-hybridized carbons (Fsp3) is 0.524. The van der Waals surface area contributed by atoms with Gasteiger partial charge in [-0.3, -0.25) is 0 Å². The molecule has 348 valence electrons. The van der Waals surface area contributed by atoms with E-state index >= 15 is 0 Å². The van der Waals surface area contributed by atoms with Gasteiger partial charge in [0.2, 0.25) is 0 Å². The van der Waals surface area contributed by atoms with Crippen LogP contribution in [0.3, 0.4) is 0 Å². The minimum absolute atomic E-state index is 0.0186. The van der Waals surface area contributed by atoms with Crippen LogP contribution in [0.2, 0.25) is 0 Å². The molecule has 0 unspecified atom stereocenters. The van der Waals surface area contributed by atoms with Gasteiger partial charge in [0.1, 0.15) is 0 Å². The summed E-state index contributed by atoms with van der Waals surface area (Å²) < 4.78 is 0. The first kappa shape index (κ1) is 46.9. The highest BCUT2D eigenvalue weighted by atomic mass is 15.2. The molecule has 0 saturated heterocycles. The normalized spacial score (nSPS) is 19.1. The maximum Gasteiger partial charge on any atom is 0.252 e. The second-order valence-electron chi connectivity index (χ2n) is 28.2. The van der Waals surface area contributed by atoms with Gasteiger partial charge in [-0.15, -0.1) is 0 Å². The van der Waals surface area contributed by atoms with Gasteiger partial charge < -0.3 is 9.80 Å². The summed E-state index contributed by atoms with van der Waals surface area (Å²) in [5.74, 6) is 0. The minimum atomic E-state index is -0.0290. The Bertz CT molecular complexity index is 2560. The Morgan fingerprint density at radius 3 is 1.02 bits per heavy atom. The second-order valence-corrected chi connectivity index (χ2v) is 28.2. The number of rotatable bonds is 2. The van der Waals surface area contributed by atoms with E-state index in [0.717, 1.165) is 12.8 Å². The number of benzene rings is 5. The lowest BCUT2D eigenvalue weighted by atomic mass is 9.32. The number of nitrogens with zero attached hydrogens (tertiary/aromatic N) is 2. The highest BCUT2D eigenvalue weighted by Gasteiger charge is 2.51. The van der Waals surface area contributed by atoms with Crippen LogP contribution in [0.25, 0.3) is 0 Å². The first-order chi connectivity index (χ1) is 30.1. The Hall–Kier alpha value is -4.24. The van der Waals surface area contributed by atoms with Crippen LogP contribution < -0.4 is 26.2 Å². The molecule has 5 aromatic rings. The van der Waals surface area contributed by atoms with Gasteiger partial charge in [0.25, 0.3) is 6.71 Å². The lowest BCUT2D eigenvalue weighted by Gasteiger charge is -2.51. The van der Waals surface area contributed by atoms with Crippen LogP contribution in [0.15, 0.2) is 72.8 Å². The predicted molar refractivity (Wildman–Crippen MR) is 291 cm³/mol. The van der Waals surface area contributed by atoms with E-state index in [1.165, 1.54) is 102 Å². The third-order valence-corrected chi connectivity index (χ3v) is 16.9. The average molecular weight is 879 g/mol. The van der Waals surface area contributed by atoms with Crippen molar-refractivity contribution in [3.8, 4) is 0 Å². The molecule has 2 aliphatic carbocycles. The van der Waals surface area contributed by atoms with Gasteiger partial charge in [-0.1, -0.05) is 175 Å². The Labute approximate surface area is 402 Å². The molecule has 0 aromatic heterocycles. The monoisotopic (exact) mass is 879 g/mol. The van der Waals surface area contributed by atoms with Crippen LogP contribution >= 0.6 is 0 Å². The number of aryl methyl sites for hydroxylation is 1. The minimum Gasteiger partial charge on any atom is -0.311 e. The van der Waals surface area contributed by atoms with Crippen LogP contribution in [-0.4, -0.2) is 6.71 Å². The van der Waals surface area contributed by atoms with Crippen molar-refractivity contribution in [2.75, 3.05) is 9.80 Å². The van der Waals surface area contributed by atoms with Crippen LogP contribution in [0, 0.1) is 6.92 Å². The Balaban J connectivity index is 1.50. The van der Waals surface area contributed by atoms with Gasteiger partial charge in [-0.05, 0) is 179 Å². The third-order valence-electron chi connectivity index (χ3n) is 16.9. The highest BCUT2D eigenvalue weighted by Crippen LogP contribution is 2.57. The number of hydrogen-bond acceptors (Lipinski definition) is 2. The van der Waals surface area contributed by atoms with E-state index in [9.17, 15) is 0 Å². The van der Waals surface area contributed by atoms with Crippen molar-refractivity contribution in [1.29, 1.82) is 0 Å². The fourth-order valence-electron chi connectivity index (χ4n) is 12.3. The molecule has 3 heteroatoms. The van der Waals surface area contributed by atoms with Crippen molar-refractivity contribution < 1.29 is 0 Å². The van der Waals surface area contributed by atoms with Gasteiger partial charge in [0, 0.05) is 34.1 Å². The summed E-state index contributed by atoms with van der Waals surface area (Å²) in [6.45, 7) is 51.2. The number of fused-ring (bicyclic) bond motifs is 8. The molecule has 0 saturated carbocycles. The topological polar surface area (TPSA) is 6.48 Å². The average Bonchev–Trinajstić information content (AvgIpc) is 3.18. The van der Waals surface area contributed by atoms with Crippen molar-refractivity contribution in [3.63, 3.8) is 0 Å². The van der Waals surface area contributed by atoms with E-state index in [1.54, 1.807) is 11.1 Å². The van der Waals surface area contributed by atoms with E-state index in [0.29, 0.717) is 0 Å². The Morgan fingerprint density at radius 2 is 0.712 bits per heavy atom. The van der Waals surface area contributed by atoms with Gasteiger partial charge in [0.15, 0.2) is 0 Å². The molecular weight excluding hydrogens is 796 g/mol. The lowest BCUT2D eigenvalue weighted by Crippen LogP contribution is -2.62. The maximum absolute atomic E-state index is 2.78. The molecule has 2 aliphatic heterocycles. The summed E-state index contributed by atoms with van der Waals surface area (Å²) in [7, 11) is 0. The zero-order chi connectivity index (χ0) is 48.4. The van der Waals surface area contributed by atoms with Crippen molar-refractivity contribution in [3.05, 3.63) is 123 Å². The van der Waals surface area contributed by atoms with Gasteiger partial charge >= 0.3 is 0 Å². The maximum atomic E-state index is 2.78. The molecular formula is C63H83BN2. The standard InChI is InChI=1S/C63H83BN2/c1-38-30-49-53-50(31-38)66(44-36-41(58(8,9)10)33-42(37-44)59(11,12)13)55-48(25-23-46-52(55)63(20,21)29-27-61(46,16)17)64(53)47-24-22-45-51(62(18,19)28-26-60(45,14)15)54(47)65(49)43-34-39(56(2,3)4)32-40(35-43)57(5,6)7/h22-25,30-37H,26-29H2,1-21H3. The predicted octanol–water partition coefficient (Wildman–Crippen LogP) is 16.0. The molecule has 0 amide bonds. The summed E-state index contributed by atoms with van der Waals surface area (Å²) in [4.78, 5) is 5.57. The summed E-state index contributed by atoms with van der Waals surface area (Å²) in [6, 6.07) is 30.6. The van der Waals surface area contributed by atoms with E-state index in [2.05, 4.69) is 228 Å². The van der Waals surface area contributed by atoms with Crippen LogP contribution in [-0.2, 0) is 43.3 Å². The molecule has 0 N–H and O–H groups in total. The Kier molecular flexibility index (Phi) is 10.2. The summed E-state index contributed by atoms with van der Waals surface area (Å²) >= 11 is 0. The summed E-state index contributed by atoms with van der Waals surface area (Å²) in [5, 5.41) is 0. The zero-order valence-corrected chi connectivity index (χ0v) is 45.2. The molecule has 9 rings (SSSR count). The molecule has 0 spiro atoms. The van der Waals surface area contributed by atoms with Crippen molar-refractivity contribution in [1.82, 2.24) is 0 Å². The molecule has 5 aromatic carbocycles. The summed E-state index contributed by atoms with van der Waals surface area (Å²) in [6.07, 6.45) is 4.68. The van der Waals surface area contributed by atoms with E-state index in [-0.39, 0.29) is 50.0 Å². The third kappa shape index (κ3) is 7.33. The van der Waals surface area contributed by atoms with Crippen LogP contribution in [0.1, 0.15) is 214 Å². The summed E-state index contributed by atoms with van der Waals surface area (Å²) in [5.41, 5.74) is 25.3. The van der Waals surface area contributed by atoms with E-state index in [1.807, 2.05) is 0 Å². The molecule has 0 fully saturated rings. The molecule has 2 heterocycles. The smallest absolute Gasteiger partial charge is 0.252 e. The quantitative estimate of drug-likeness (QED) is 0.160. The van der Waals surface area contributed by atoms with Crippen molar-refractivity contribution in [2.24, 2.45) is 0 Å². The fourth-order valence-corrected chi connectivity index (χ4v) is 12.3. The zero-order valence-electron chi connectivity index (χ0n) is 45.2. The highest BCUT2D eigenvalue weighted by molar-refractivity contribution is 7.00. The molecule has 2 nitrogen and oxygen atoms in total. The molecule has 0 bridgehead atoms. The molecule has 4 aliphatic rings. The van der Waals surface area contributed by atoms with Gasteiger partial charge in [0.05, 0.1) is 0 Å². The van der Waals surface area contributed by atoms with Crippen molar-refractivity contribution >= 4 is 57.2 Å². The Morgan fingerprint density at radius 1 is 0.409 bits per heavy atom. The molecule has 0 radical (unpaired) electrons. The van der Waals surface area contributed by atoms with Crippen molar-refractivity contribution in [2.45, 2.75) is 214 Å². The number of hydrogen-bond donors (Lipinski definition) is 0. The second kappa shape index (κ2) is 14.4. The molecule has 0 atom stereocenters. The largest absolute Gasteiger partial charge is 0.311 e. The molecule has 66 heavy (non-hydrogen) atoms. The lowest BCUT2D eigenvalue weighted by molar-refractivity contribution is 0.332. The number of anilines is 6. The van der Waals surface area contributed by atoms with Crippen LogP contribution in [0.5, 0.6) is 0 Å².